The number of carbonyl (C=O) groups is 1. The summed E-state index contributed by atoms with van der Waals surface area (Å²) >= 11 is 1.29. The molecule has 0 saturated carbocycles. The number of hydrogen-bond acceptors (Lipinski definition) is 4. The molecule has 0 fully saturated rings. The Balaban J connectivity index is 1.66. The summed E-state index contributed by atoms with van der Waals surface area (Å²) in [6.07, 6.45) is 1.70. The van der Waals surface area contributed by atoms with Crippen LogP contribution in [0.5, 0.6) is 0 Å². The highest BCUT2D eigenvalue weighted by Gasteiger charge is 2.08. The molecule has 0 spiro atoms. The number of hydrogen-bond donors (Lipinski definition) is 2. The van der Waals surface area contributed by atoms with Crippen LogP contribution in [0, 0.1) is 19.7 Å². The van der Waals surface area contributed by atoms with E-state index in [1.165, 1.54) is 18.0 Å². The van der Waals surface area contributed by atoms with E-state index >= 15 is 0 Å². The summed E-state index contributed by atoms with van der Waals surface area (Å²) in [5.74, 6) is 0.0235. The molecule has 0 bridgehead atoms. The van der Waals surface area contributed by atoms with Crippen molar-refractivity contribution >= 4 is 29.4 Å². The topological polar surface area (TPSA) is 54.0 Å². The molecule has 0 saturated heterocycles. The number of anilines is 2. The van der Waals surface area contributed by atoms with Gasteiger partial charge in [-0.2, -0.15) is 0 Å². The second-order valence-corrected chi connectivity index (χ2v) is 6.75. The van der Waals surface area contributed by atoms with Crippen molar-refractivity contribution in [3.63, 3.8) is 0 Å². The van der Waals surface area contributed by atoms with E-state index in [4.69, 9.17) is 0 Å². The summed E-state index contributed by atoms with van der Waals surface area (Å²) in [7, 11) is 0. The van der Waals surface area contributed by atoms with E-state index < -0.39 is 0 Å². The third-order valence-electron chi connectivity index (χ3n) is 3.71. The van der Waals surface area contributed by atoms with Crippen molar-refractivity contribution < 1.29 is 9.18 Å². The number of nitrogens with one attached hydrogen (secondary N) is 2. The van der Waals surface area contributed by atoms with Crippen molar-refractivity contribution in [1.82, 2.24) is 4.98 Å². The SMILES string of the molecule is Cc1ccc(NC(=O)c2cccc(NSc3ccc(C)c(F)c3)c2)nc1. The van der Waals surface area contributed by atoms with Gasteiger partial charge in [-0.25, -0.2) is 9.37 Å². The van der Waals surface area contributed by atoms with Crippen LogP contribution in [0.4, 0.5) is 15.9 Å². The van der Waals surface area contributed by atoms with Crippen LogP contribution in [0.2, 0.25) is 0 Å². The molecule has 132 valence electrons. The number of aryl methyl sites for hydroxylation is 2. The fourth-order valence-electron chi connectivity index (χ4n) is 2.21. The van der Waals surface area contributed by atoms with Crippen molar-refractivity contribution in [3.8, 4) is 0 Å². The van der Waals surface area contributed by atoms with Crippen LogP contribution in [-0.4, -0.2) is 10.9 Å². The predicted molar refractivity (Wildman–Crippen MR) is 104 cm³/mol. The number of rotatable bonds is 5. The second kappa shape index (κ2) is 8.01. The molecule has 2 N–H and O–H groups in total. The van der Waals surface area contributed by atoms with Crippen molar-refractivity contribution in [2.45, 2.75) is 18.7 Å². The molecule has 4 nitrogen and oxygen atoms in total. The van der Waals surface area contributed by atoms with Gasteiger partial charge in [-0.05, 0) is 73.3 Å². The number of amides is 1. The molecule has 1 aromatic heterocycles. The van der Waals surface area contributed by atoms with Gasteiger partial charge < -0.3 is 10.0 Å². The number of nitrogens with zero attached hydrogens (tertiary/aromatic N) is 1. The Morgan fingerprint density at radius 1 is 1.08 bits per heavy atom. The zero-order valence-electron chi connectivity index (χ0n) is 14.4. The molecule has 26 heavy (non-hydrogen) atoms. The summed E-state index contributed by atoms with van der Waals surface area (Å²) in [4.78, 5) is 17.3. The van der Waals surface area contributed by atoms with Gasteiger partial charge in [0.1, 0.15) is 11.6 Å². The number of carbonyl (C=O) groups excluding carboxylic acids is 1. The molecule has 0 aliphatic carbocycles. The summed E-state index contributed by atoms with van der Waals surface area (Å²) in [5.41, 5.74) is 2.89. The van der Waals surface area contributed by atoms with Gasteiger partial charge in [0.05, 0.1) is 0 Å². The van der Waals surface area contributed by atoms with E-state index in [1.54, 1.807) is 43.5 Å². The fourth-order valence-corrected chi connectivity index (χ4v) is 2.87. The van der Waals surface area contributed by atoms with Crippen LogP contribution in [-0.2, 0) is 0 Å². The molecule has 6 heteroatoms. The summed E-state index contributed by atoms with van der Waals surface area (Å²) in [6, 6.07) is 15.8. The molecule has 2 aromatic carbocycles. The minimum atomic E-state index is -0.240. The van der Waals surface area contributed by atoms with E-state index in [9.17, 15) is 9.18 Å². The first-order valence-electron chi connectivity index (χ1n) is 8.04. The Labute approximate surface area is 156 Å². The van der Waals surface area contributed by atoms with Crippen molar-refractivity contribution in [2.24, 2.45) is 0 Å². The molecule has 3 rings (SSSR count). The predicted octanol–water partition coefficient (Wildman–Crippen LogP) is 5.21. The van der Waals surface area contributed by atoms with Gasteiger partial charge in [-0.3, -0.25) is 4.79 Å². The molecule has 0 unspecified atom stereocenters. The minimum Gasteiger partial charge on any atom is -0.326 e. The molecule has 0 atom stereocenters. The molecular weight excluding hydrogens is 349 g/mol. The molecule has 1 amide bonds. The maximum atomic E-state index is 13.6. The van der Waals surface area contributed by atoms with Crippen LogP contribution in [0.3, 0.4) is 0 Å². The highest BCUT2D eigenvalue weighted by molar-refractivity contribution is 8.00. The Bertz CT molecular complexity index is 929. The van der Waals surface area contributed by atoms with Gasteiger partial charge in [0.25, 0.3) is 5.91 Å². The summed E-state index contributed by atoms with van der Waals surface area (Å²) in [6.45, 7) is 3.66. The fraction of sp³-hybridized carbons (Fsp3) is 0.100. The standard InChI is InChI=1S/C20H18FN3OS/c1-13-6-9-19(22-12-13)23-20(25)15-4-3-5-16(10-15)24-26-17-8-7-14(2)18(21)11-17/h3-12,24H,1-2H3,(H,22,23,25). The Kier molecular flexibility index (Phi) is 5.53. The third kappa shape index (κ3) is 4.61. The van der Waals surface area contributed by atoms with Gasteiger partial charge in [0.15, 0.2) is 0 Å². The maximum Gasteiger partial charge on any atom is 0.256 e. The van der Waals surface area contributed by atoms with Gasteiger partial charge >= 0.3 is 0 Å². The molecule has 1 heterocycles. The van der Waals surface area contributed by atoms with Crippen LogP contribution in [0.15, 0.2) is 65.7 Å². The first-order chi connectivity index (χ1) is 12.5. The van der Waals surface area contributed by atoms with Gasteiger partial charge in [-0.1, -0.05) is 18.2 Å². The normalized spacial score (nSPS) is 10.4. The lowest BCUT2D eigenvalue weighted by atomic mass is 10.2. The van der Waals surface area contributed by atoms with E-state index in [-0.39, 0.29) is 11.7 Å². The van der Waals surface area contributed by atoms with Gasteiger partial charge in [0, 0.05) is 22.3 Å². The maximum absolute atomic E-state index is 13.6. The minimum absolute atomic E-state index is 0.239. The lowest BCUT2D eigenvalue weighted by molar-refractivity contribution is 0.102. The zero-order valence-corrected chi connectivity index (χ0v) is 15.2. The summed E-state index contributed by atoms with van der Waals surface area (Å²) in [5, 5.41) is 2.77. The molecule has 0 aliphatic heterocycles. The smallest absolute Gasteiger partial charge is 0.256 e. The number of pyridine rings is 1. The second-order valence-electron chi connectivity index (χ2n) is 5.87. The van der Waals surface area contributed by atoms with E-state index in [2.05, 4.69) is 15.0 Å². The van der Waals surface area contributed by atoms with Crippen molar-refractivity contribution in [2.75, 3.05) is 10.0 Å². The Hall–Kier alpha value is -2.86. The average Bonchev–Trinajstić information content (AvgIpc) is 2.65. The van der Waals surface area contributed by atoms with Gasteiger partial charge in [0.2, 0.25) is 0 Å². The van der Waals surface area contributed by atoms with Crippen LogP contribution < -0.4 is 10.0 Å². The first-order valence-corrected chi connectivity index (χ1v) is 8.86. The van der Waals surface area contributed by atoms with E-state index in [0.717, 1.165) is 16.1 Å². The van der Waals surface area contributed by atoms with Gasteiger partial charge in [-0.15, -0.1) is 0 Å². The van der Waals surface area contributed by atoms with E-state index in [0.29, 0.717) is 16.9 Å². The lowest BCUT2D eigenvalue weighted by Crippen LogP contribution is -2.13. The highest BCUT2D eigenvalue weighted by Crippen LogP contribution is 2.23. The number of benzene rings is 2. The van der Waals surface area contributed by atoms with E-state index in [1.807, 2.05) is 25.1 Å². The van der Waals surface area contributed by atoms with Crippen molar-refractivity contribution in [3.05, 3.63) is 83.3 Å². The van der Waals surface area contributed by atoms with Crippen LogP contribution >= 0.6 is 11.9 Å². The first kappa shape index (κ1) is 17.9. The number of aromatic nitrogens is 1. The number of halogens is 1. The zero-order chi connectivity index (χ0) is 18.5. The molecule has 0 aliphatic rings. The molecule has 3 aromatic rings. The van der Waals surface area contributed by atoms with Crippen LogP contribution in [0.25, 0.3) is 0 Å². The monoisotopic (exact) mass is 367 g/mol. The largest absolute Gasteiger partial charge is 0.326 e. The molecular formula is C20H18FN3OS. The van der Waals surface area contributed by atoms with Crippen LogP contribution in [0.1, 0.15) is 21.5 Å². The third-order valence-corrected chi connectivity index (χ3v) is 4.54. The quantitative estimate of drug-likeness (QED) is 0.608. The Morgan fingerprint density at radius 3 is 2.65 bits per heavy atom. The lowest BCUT2D eigenvalue weighted by Gasteiger charge is -2.09. The Morgan fingerprint density at radius 2 is 1.92 bits per heavy atom. The van der Waals surface area contributed by atoms with Crippen molar-refractivity contribution in [1.29, 1.82) is 0 Å². The summed E-state index contributed by atoms with van der Waals surface area (Å²) < 4.78 is 16.7. The highest BCUT2D eigenvalue weighted by atomic mass is 32.2. The average molecular weight is 367 g/mol. The molecule has 0 radical (unpaired) electrons.